The molecular weight excluding hydrogens is 403 g/mol. The third-order valence-corrected chi connectivity index (χ3v) is 6.38. The van der Waals surface area contributed by atoms with E-state index in [1.165, 1.54) is 11.3 Å². The molecule has 25 heavy (non-hydrogen) atoms. The number of hydrogen-bond donors (Lipinski definition) is 3. The van der Waals surface area contributed by atoms with Crippen molar-refractivity contribution in [3.63, 3.8) is 0 Å². The van der Waals surface area contributed by atoms with Crippen molar-refractivity contribution in [3.05, 3.63) is 10.9 Å². The Balaban J connectivity index is 0.00000156. The maximum Gasteiger partial charge on any atom is 0.261 e. The Morgan fingerprint density at radius 1 is 1.36 bits per heavy atom. The molecule has 0 radical (unpaired) electrons. The number of aliphatic hydroxyl groups excluding tert-OH is 1. The molecule has 142 valence electrons. The van der Waals surface area contributed by atoms with Crippen LogP contribution in [0, 0.1) is 5.92 Å². The van der Waals surface area contributed by atoms with E-state index in [0.29, 0.717) is 18.0 Å². The van der Waals surface area contributed by atoms with E-state index in [9.17, 15) is 9.90 Å². The number of thiazole rings is 1. The second-order valence-electron chi connectivity index (χ2n) is 5.64. The predicted molar refractivity (Wildman–Crippen MR) is 110 cm³/mol. The number of nitrogens with one attached hydrogen (secondary N) is 2. The number of aromatic nitrogens is 1. The van der Waals surface area contributed by atoms with Gasteiger partial charge >= 0.3 is 0 Å². The molecule has 1 fully saturated rings. The third kappa shape index (κ3) is 4.96. The zero-order valence-corrected chi connectivity index (χ0v) is 17.4. The molecule has 1 amide bonds. The van der Waals surface area contributed by atoms with E-state index in [4.69, 9.17) is 0 Å². The van der Waals surface area contributed by atoms with Gasteiger partial charge in [-0.3, -0.25) is 4.79 Å². The lowest BCUT2D eigenvalue weighted by molar-refractivity contribution is 0.0931. The lowest BCUT2D eigenvalue weighted by Crippen LogP contribution is -2.34. The minimum Gasteiger partial charge on any atom is -0.391 e. The highest BCUT2D eigenvalue weighted by atomic mass is 35.5. The summed E-state index contributed by atoms with van der Waals surface area (Å²) in [7, 11) is 0. The lowest BCUT2D eigenvalue weighted by Gasteiger charge is -2.16. The Kier molecular flexibility index (Phi) is 8.86. The summed E-state index contributed by atoms with van der Waals surface area (Å²) in [4.78, 5) is 20.7. The molecule has 0 bridgehead atoms. The number of hydrogen-bond acceptors (Lipinski definition) is 7. The van der Waals surface area contributed by atoms with Gasteiger partial charge in [0.25, 0.3) is 5.91 Å². The van der Waals surface area contributed by atoms with Crippen molar-refractivity contribution in [2.24, 2.45) is 5.92 Å². The van der Waals surface area contributed by atoms with E-state index in [1.54, 1.807) is 11.3 Å². The van der Waals surface area contributed by atoms with Crippen LogP contribution in [0.2, 0.25) is 0 Å². The first-order valence-electron chi connectivity index (χ1n) is 7.94. The quantitative estimate of drug-likeness (QED) is 0.660. The number of aliphatic hydroxyl groups is 1. The van der Waals surface area contributed by atoms with Gasteiger partial charge in [0.2, 0.25) is 0 Å². The van der Waals surface area contributed by atoms with Crippen molar-refractivity contribution in [1.82, 2.24) is 15.6 Å². The maximum absolute atomic E-state index is 12.3. The van der Waals surface area contributed by atoms with Gasteiger partial charge in [0.05, 0.1) is 15.7 Å². The molecule has 10 heteroatoms. The fraction of sp³-hybridized carbons (Fsp3) is 0.600. The standard InChI is InChI=1S/C15H22N4O2S2.2ClH/c1-3-19(4-2)15-18-14-12(23-15)5-11(22-14)13(21)17-7-9-6-16-8-10(9)20;;/h5,9-10,16,20H,3-4,6-8H2,1-2H3,(H,17,21);2*1H. The predicted octanol–water partition coefficient (Wildman–Crippen LogP) is 2.36. The van der Waals surface area contributed by atoms with Gasteiger partial charge in [0.1, 0.15) is 4.83 Å². The van der Waals surface area contributed by atoms with Gasteiger partial charge in [-0.15, -0.1) is 36.2 Å². The Morgan fingerprint density at radius 3 is 2.64 bits per heavy atom. The van der Waals surface area contributed by atoms with Gasteiger partial charge in [-0.05, 0) is 19.9 Å². The van der Waals surface area contributed by atoms with Crippen LogP contribution in [0.5, 0.6) is 0 Å². The topological polar surface area (TPSA) is 77.5 Å². The molecule has 0 aromatic carbocycles. The van der Waals surface area contributed by atoms with E-state index >= 15 is 0 Å². The van der Waals surface area contributed by atoms with Crippen LogP contribution in [0.15, 0.2) is 6.07 Å². The molecule has 2 aromatic rings. The number of fused-ring (bicyclic) bond motifs is 1. The van der Waals surface area contributed by atoms with E-state index in [2.05, 4.69) is 34.4 Å². The third-order valence-electron chi connectivity index (χ3n) is 4.16. The Morgan fingerprint density at radius 2 is 2.08 bits per heavy atom. The first-order chi connectivity index (χ1) is 11.1. The number of amides is 1. The summed E-state index contributed by atoms with van der Waals surface area (Å²) < 4.78 is 1.06. The average Bonchev–Trinajstić information content (AvgIpc) is 3.21. The highest BCUT2D eigenvalue weighted by molar-refractivity contribution is 7.29. The first-order valence-corrected chi connectivity index (χ1v) is 9.58. The fourth-order valence-electron chi connectivity index (χ4n) is 2.70. The number of anilines is 1. The second-order valence-corrected chi connectivity index (χ2v) is 7.68. The van der Waals surface area contributed by atoms with Crippen molar-refractivity contribution in [3.8, 4) is 0 Å². The van der Waals surface area contributed by atoms with Crippen molar-refractivity contribution in [2.75, 3.05) is 37.6 Å². The van der Waals surface area contributed by atoms with Crippen LogP contribution in [-0.2, 0) is 0 Å². The lowest BCUT2D eigenvalue weighted by atomic mass is 10.1. The minimum absolute atomic E-state index is 0. The van der Waals surface area contributed by atoms with Crippen molar-refractivity contribution in [2.45, 2.75) is 20.0 Å². The number of nitrogens with zero attached hydrogens (tertiary/aromatic N) is 2. The molecule has 1 aliphatic rings. The Labute approximate surface area is 167 Å². The largest absolute Gasteiger partial charge is 0.391 e. The van der Waals surface area contributed by atoms with Crippen LogP contribution < -0.4 is 15.5 Å². The highest BCUT2D eigenvalue weighted by Crippen LogP contribution is 2.34. The van der Waals surface area contributed by atoms with Crippen LogP contribution in [0.25, 0.3) is 9.53 Å². The van der Waals surface area contributed by atoms with Crippen molar-refractivity contribution in [1.29, 1.82) is 0 Å². The monoisotopic (exact) mass is 426 g/mol. The smallest absolute Gasteiger partial charge is 0.261 e. The molecule has 6 nitrogen and oxygen atoms in total. The number of carbonyl (C=O) groups is 1. The van der Waals surface area contributed by atoms with Crippen LogP contribution in [0.3, 0.4) is 0 Å². The van der Waals surface area contributed by atoms with Crippen LogP contribution >= 0.6 is 47.5 Å². The summed E-state index contributed by atoms with van der Waals surface area (Å²) >= 11 is 3.06. The summed E-state index contributed by atoms with van der Waals surface area (Å²) in [6, 6.07) is 1.92. The summed E-state index contributed by atoms with van der Waals surface area (Å²) in [6.07, 6.45) is -0.375. The zero-order chi connectivity index (χ0) is 16.4. The summed E-state index contributed by atoms with van der Waals surface area (Å²) in [5.74, 6) is 0.0103. The summed E-state index contributed by atoms with van der Waals surface area (Å²) in [5, 5.41) is 16.8. The van der Waals surface area contributed by atoms with Gasteiger partial charge in [-0.25, -0.2) is 4.98 Å². The normalized spacial score (nSPS) is 19.3. The van der Waals surface area contributed by atoms with Gasteiger partial charge in [-0.2, -0.15) is 0 Å². The zero-order valence-electron chi connectivity index (χ0n) is 14.2. The van der Waals surface area contributed by atoms with E-state index in [1.807, 2.05) is 6.07 Å². The molecule has 3 N–H and O–H groups in total. The number of thiophene rings is 1. The molecule has 1 aliphatic heterocycles. The van der Waals surface area contributed by atoms with E-state index in [-0.39, 0.29) is 42.7 Å². The van der Waals surface area contributed by atoms with Crippen LogP contribution in [0.1, 0.15) is 23.5 Å². The van der Waals surface area contributed by atoms with Gasteiger partial charge in [0, 0.05) is 38.6 Å². The minimum atomic E-state index is -0.375. The molecule has 2 aromatic heterocycles. The summed E-state index contributed by atoms with van der Waals surface area (Å²) in [5.41, 5.74) is 0. The molecule has 3 heterocycles. The van der Waals surface area contributed by atoms with Gasteiger partial charge < -0.3 is 20.6 Å². The number of halogens is 2. The molecule has 0 saturated carbocycles. The number of carbonyl (C=O) groups excluding carboxylic acids is 1. The molecule has 2 unspecified atom stereocenters. The molecule has 0 aliphatic carbocycles. The van der Waals surface area contributed by atoms with Crippen LogP contribution in [0.4, 0.5) is 5.13 Å². The average molecular weight is 427 g/mol. The highest BCUT2D eigenvalue weighted by Gasteiger charge is 2.25. The van der Waals surface area contributed by atoms with Crippen molar-refractivity contribution >= 4 is 68.1 Å². The molecule has 3 rings (SSSR count). The van der Waals surface area contributed by atoms with Gasteiger partial charge in [-0.1, -0.05) is 11.3 Å². The molecule has 0 spiro atoms. The van der Waals surface area contributed by atoms with Crippen LogP contribution in [-0.4, -0.2) is 54.8 Å². The van der Waals surface area contributed by atoms with E-state index < -0.39 is 0 Å². The molecule has 2 atom stereocenters. The van der Waals surface area contributed by atoms with E-state index in [0.717, 1.165) is 34.3 Å². The van der Waals surface area contributed by atoms with Crippen molar-refractivity contribution < 1.29 is 9.90 Å². The second kappa shape index (κ2) is 9.89. The molecule has 1 saturated heterocycles. The fourth-order valence-corrected chi connectivity index (χ4v) is 4.96. The Bertz CT molecular complexity index is 659. The SMILES string of the molecule is CCN(CC)c1nc2sc(C(=O)NCC3CNCC3O)cc2s1.Cl.Cl. The van der Waals surface area contributed by atoms with Gasteiger partial charge in [0.15, 0.2) is 5.13 Å². The maximum atomic E-state index is 12.3. The Hall–Kier alpha value is -0.640. The molecular formula is C15H24Cl2N4O2S2. The first kappa shape index (κ1) is 22.4. The number of β-amino-alcohol motifs (C(OH)–C–C–N with tert-alkyl or cyclic N) is 1. The number of rotatable bonds is 6. The summed E-state index contributed by atoms with van der Waals surface area (Å²) in [6.45, 7) is 7.94.